The van der Waals surface area contributed by atoms with Gasteiger partial charge in [-0.05, 0) is 24.3 Å². The summed E-state index contributed by atoms with van der Waals surface area (Å²) in [6.07, 6.45) is 1.31. The van der Waals surface area contributed by atoms with Crippen LogP contribution in [0.3, 0.4) is 0 Å². The zero-order valence-corrected chi connectivity index (χ0v) is 20.5. The highest BCUT2D eigenvalue weighted by molar-refractivity contribution is 6.04. The van der Waals surface area contributed by atoms with Crippen LogP contribution in [-0.4, -0.2) is 112 Å². The van der Waals surface area contributed by atoms with E-state index in [1.807, 2.05) is 12.1 Å². The number of nitrogens with zero attached hydrogens (tertiary/aromatic N) is 4. The second kappa shape index (κ2) is 12.2. The van der Waals surface area contributed by atoms with Crippen molar-refractivity contribution in [3.8, 4) is 11.5 Å². The van der Waals surface area contributed by atoms with Gasteiger partial charge in [0.1, 0.15) is 17.3 Å². The lowest BCUT2D eigenvalue weighted by atomic mass is 10.2. The number of aliphatic hydroxyl groups is 1. The van der Waals surface area contributed by atoms with Gasteiger partial charge in [-0.1, -0.05) is 0 Å². The third-order valence-corrected chi connectivity index (χ3v) is 6.36. The zero-order valence-electron chi connectivity index (χ0n) is 20.5. The van der Waals surface area contributed by atoms with E-state index in [0.29, 0.717) is 35.8 Å². The molecule has 1 unspecified atom stereocenters. The number of carbonyl (C=O) groups is 1. The fourth-order valence-electron chi connectivity index (χ4n) is 4.39. The van der Waals surface area contributed by atoms with Crippen LogP contribution in [0.25, 0.3) is 0 Å². The predicted molar refractivity (Wildman–Crippen MR) is 134 cm³/mol. The van der Waals surface area contributed by atoms with Crippen molar-refractivity contribution in [3.63, 3.8) is 0 Å². The molecule has 0 bridgehead atoms. The highest BCUT2D eigenvalue weighted by Crippen LogP contribution is 2.23. The summed E-state index contributed by atoms with van der Waals surface area (Å²) >= 11 is 0. The number of benzene rings is 1. The molecule has 4 rings (SSSR count). The molecule has 2 aliphatic heterocycles. The summed E-state index contributed by atoms with van der Waals surface area (Å²) in [7, 11) is 3.10. The molecule has 0 aliphatic carbocycles. The third kappa shape index (κ3) is 7.04. The van der Waals surface area contributed by atoms with E-state index in [0.717, 1.165) is 58.3 Å². The van der Waals surface area contributed by atoms with Gasteiger partial charge in [-0.2, -0.15) is 0 Å². The van der Waals surface area contributed by atoms with Crippen molar-refractivity contribution in [2.75, 3.05) is 90.0 Å². The smallest absolute Gasteiger partial charge is 0.255 e. The number of ether oxygens (including phenoxy) is 3. The highest BCUT2D eigenvalue weighted by atomic mass is 16.5. The van der Waals surface area contributed by atoms with Crippen LogP contribution in [0, 0.1) is 0 Å². The van der Waals surface area contributed by atoms with Crippen molar-refractivity contribution in [1.82, 2.24) is 14.8 Å². The molecular formula is C25H35N5O5. The van der Waals surface area contributed by atoms with E-state index >= 15 is 0 Å². The summed E-state index contributed by atoms with van der Waals surface area (Å²) in [6, 6.07) is 8.83. The second-order valence-corrected chi connectivity index (χ2v) is 8.81. The quantitative estimate of drug-likeness (QED) is 0.542. The SMILES string of the molecule is COc1cc(OC)cc(C(=O)Nc2ccc(N3CCN(CC(O)CN4CCOCC4)CC3)nc2)c1. The van der Waals surface area contributed by atoms with Gasteiger partial charge in [-0.3, -0.25) is 14.6 Å². The Hall–Kier alpha value is -2.92. The number of anilines is 2. The first kappa shape index (κ1) is 25.2. The lowest BCUT2D eigenvalue weighted by Gasteiger charge is -2.37. The van der Waals surface area contributed by atoms with E-state index < -0.39 is 0 Å². The average molecular weight is 486 g/mol. The van der Waals surface area contributed by atoms with Gasteiger partial charge in [0, 0.05) is 64.0 Å². The minimum atomic E-state index is -0.356. The maximum atomic E-state index is 12.7. The van der Waals surface area contributed by atoms with Gasteiger partial charge in [0.05, 0.1) is 45.4 Å². The second-order valence-electron chi connectivity index (χ2n) is 8.81. The molecule has 3 heterocycles. The van der Waals surface area contributed by atoms with Gasteiger partial charge in [-0.25, -0.2) is 4.98 Å². The first-order valence-electron chi connectivity index (χ1n) is 12.0. The summed E-state index contributed by atoms with van der Waals surface area (Å²) in [4.78, 5) is 24.0. The molecule has 1 amide bonds. The molecule has 2 saturated heterocycles. The Labute approximate surface area is 206 Å². The number of aliphatic hydroxyl groups excluding tert-OH is 1. The average Bonchev–Trinajstić information content (AvgIpc) is 2.89. The maximum Gasteiger partial charge on any atom is 0.255 e. The molecule has 35 heavy (non-hydrogen) atoms. The Morgan fingerprint density at radius 3 is 2.20 bits per heavy atom. The molecule has 190 valence electrons. The number of aromatic nitrogens is 1. The van der Waals surface area contributed by atoms with E-state index in [-0.39, 0.29) is 12.0 Å². The van der Waals surface area contributed by atoms with Crippen molar-refractivity contribution in [2.45, 2.75) is 6.10 Å². The first-order chi connectivity index (χ1) is 17.0. The highest BCUT2D eigenvalue weighted by Gasteiger charge is 2.22. The Bertz CT molecular complexity index is 937. The van der Waals surface area contributed by atoms with Crippen molar-refractivity contribution in [1.29, 1.82) is 0 Å². The van der Waals surface area contributed by atoms with E-state index in [2.05, 4.69) is 25.0 Å². The Kier molecular flexibility index (Phi) is 8.75. The number of piperazine rings is 1. The van der Waals surface area contributed by atoms with E-state index in [9.17, 15) is 9.90 Å². The summed E-state index contributed by atoms with van der Waals surface area (Å²) in [5.41, 5.74) is 1.06. The van der Waals surface area contributed by atoms with Crippen molar-refractivity contribution < 1.29 is 24.1 Å². The number of morpholine rings is 1. The standard InChI is InChI=1S/C25H35N5O5/c1-33-22-13-19(14-23(15-22)34-2)25(32)27-20-3-4-24(26-16-20)30-7-5-28(6-8-30)17-21(31)18-29-9-11-35-12-10-29/h3-4,13-16,21,31H,5-12,17-18H2,1-2H3,(H,27,32). The molecule has 2 N–H and O–H groups in total. The molecule has 0 spiro atoms. The number of amides is 1. The predicted octanol–water partition coefficient (Wildman–Crippen LogP) is 1.17. The van der Waals surface area contributed by atoms with E-state index in [4.69, 9.17) is 14.2 Å². The largest absolute Gasteiger partial charge is 0.497 e. The number of hydrogen-bond donors (Lipinski definition) is 2. The van der Waals surface area contributed by atoms with Crippen LogP contribution >= 0.6 is 0 Å². The van der Waals surface area contributed by atoms with E-state index in [1.54, 1.807) is 38.6 Å². The molecule has 1 aromatic heterocycles. The van der Waals surface area contributed by atoms with Crippen LogP contribution in [0.4, 0.5) is 11.5 Å². The Morgan fingerprint density at radius 1 is 1.00 bits per heavy atom. The fraction of sp³-hybridized carbons (Fsp3) is 0.520. The lowest BCUT2D eigenvalue weighted by Crippen LogP contribution is -2.51. The normalized spacial score (nSPS) is 18.2. The van der Waals surface area contributed by atoms with E-state index in [1.165, 1.54) is 0 Å². The third-order valence-electron chi connectivity index (χ3n) is 6.36. The Morgan fingerprint density at radius 2 is 1.63 bits per heavy atom. The topological polar surface area (TPSA) is 99.6 Å². The van der Waals surface area contributed by atoms with Crippen molar-refractivity contribution in [2.24, 2.45) is 0 Å². The number of pyridine rings is 1. The van der Waals surface area contributed by atoms with Gasteiger partial charge in [0.2, 0.25) is 0 Å². The molecule has 0 radical (unpaired) electrons. The first-order valence-corrected chi connectivity index (χ1v) is 12.0. The zero-order chi connectivity index (χ0) is 24.6. The maximum absolute atomic E-state index is 12.7. The number of carbonyl (C=O) groups excluding carboxylic acids is 1. The monoisotopic (exact) mass is 485 g/mol. The van der Waals surface area contributed by atoms with Gasteiger partial charge in [-0.15, -0.1) is 0 Å². The van der Waals surface area contributed by atoms with Crippen LogP contribution in [0.2, 0.25) is 0 Å². The molecule has 10 nitrogen and oxygen atoms in total. The minimum Gasteiger partial charge on any atom is -0.497 e. The molecule has 1 atom stereocenters. The van der Waals surface area contributed by atoms with Crippen molar-refractivity contribution >= 4 is 17.4 Å². The summed E-state index contributed by atoms with van der Waals surface area (Å²) in [6.45, 7) is 8.07. The van der Waals surface area contributed by atoms with Crippen molar-refractivity contribution in [3.05, 3.63) is 42.1 Å². The number of hydrogen-bond acceptors (Lipinski definition) is 9. The minimum absolute atomic E-state index is 0.263. The molecule has 2 fully saturated rings. The molecule has 1 aromatic carbocycles. The van der Waals surface area contributed by atoms with Gasteiger partial charge < -0.3 is 29.5 Å². The van der Waals surface area contributed by atoms with Gasteiger partial charge in [0.15, 0.2) is 0 Å². The summed E-state index contributed by atoms with van der Waals surface area (Å²) in [5, 5.41) is 13.4. The number of nitrogens with one attached hydrogen (secondary N) is 1. The van der Waals surface area contributed by atoms with Crippen LogP contribution < -0.4 is 19.7 Å². The lowest BCUT2D eigenvalue weighted by molar-refractivity contribution is 0.00655. The van der Waals surface area contributed by atoms with Crippen LogP contribution in [0.5, 0.6) is 11.5 Å². The summed E-state index contributed by atoms with van der Waals surface area (Å²) < 4.78 is 15.9. The van der Waals surface area contributed by atoms with Crippen LogP contribution in [0.1, 0.15) is 10.4 Å². The van der Waals surface area contributed by atoms with Crippen LogP contribution in [-0.2, 0) is 4.74 Å². The molecule has 10 heteroatoms. The molecule has 2 aromatic rings. The molecule has 2 aliphatic rings. The van der Waals surface area contributed by atoms with Crippen LogP contribution in [0.15, 0.2) is 36.5 Å². The molecular weight excluding hydrogens is 450 g/mol. The number of β-amino-alcohol motifs (C(OH)–C–C–N with tert-alkyl or cyclic N) is 1. The number of rotatable bonds is 9. The Balaban J connectivity index is 1.25. The van der Waals surface area contributed by atoms with Gasteiger partial charge >= 0.3 is 0 Å². The number of methoxy groups -OCH3 is 2. The fourth-order valence-corrected chi connectivity index (χ4v) is 4.39. The summed E-state index contributed by atoms with van der Waals surface area (Å²) in [5.74, 6) is 1.71. The molecule has 0 saturated carbocycles. The van der Waals surface area contributed by atoms with Gasteiger partial charge in [0.25, 0.3) is 5.91 Å².